The van der Waals surface area contributed by atoms with E-state index in [1.807, 2.05) is 0 Å². The van der Waals surface area contributed by atoms with Gasteiger partial charge in [-0.1, -0.05) is 40.0 Å². The molecule has 1 aliphatic heterocycles. The van der Waals surface area contributed by atoms with Crippen molar-refractivity contribution < 1.29 is 19.5 Å². The third-order valence-electron chi connectivity index (χ3n) is 1.85. The molecule has 98 valence electrons. The number of amides is 1. The number of alkyl halides is 4. The minimum atomic E-state index is -2.15. The molecule has 1 amide bonds. The van der Waals surface area contributed by atoms with Crippen LogP contribution in [0.25, 0.3) is 0 Å². The van der Waals surface area contributed by atoms with Gasteiger partial charge in [-0.3, -0.25) is 19.9 Å². The lowest BCUT2D eigenvalue weighted by Crippen LogP contribution is -2.47. The van der Waals surface area contributed by atoms with Crippen molar-refractivity contribution in [2.24, 2.45) is 0 Å². The number of carbonyl (C=O) groups excluding carboxylic acids is 1. The molecular weight excluding hydrogens is 318 g/mol. The van der Waals surface area contributed by atoms with Crippen molar-refractivity contribution in [3.8, 4) is 0 Å². The van der Waals surface area contributed by atoms with Gasteiger partial charge in [0.05, 0.1) is 12.5 Å². The molecule has 0 aromatic rings. The fraction of sp³-hybridized carbons (Fsp3) is 0.714. The average molecular weight is 326 g/mol. The van der Waals surface area contributed by atoms with Crippen LogP contribution >= 0.6 is 46.4 Å². The largest absolute Gasteiger partial charge is 0.481 e. The Morgan fingerprint density at radius 3 is 2.53 bits per heavy atom. The molecule has 0 aromatic carbocycles. The number of aliphatic carboxylic acids is 1. The van der Waals surface area contributed by atoms with Gasteiger partial charge in [0.15, 0.2) is 0 Å². The number of carbonyl (C=O) groups is 2. The van der Waals surface area contributed by atoms with Gasteiger partial charge in [-0.25, -0.2) is 0 Å². The maximum atomic E-state index is 11.3. The molecular formula is C7H8Cl4N2O4. The van der Waals surface area contributed by atoms with E-state index < -0.39 is 27.3 Å². The second-order valence-corrected chi connectivity index (χ2v) is 6.04. The highest BCUT2D eigenvalue weighted by atomic mass is 35.6. The first kappa shape index (κ1) is 15.1. The van der Waals surface area contributed by atoms with Gasteiger partial charge in [-0.15, -0.1) is 11.6 Å². The molecule has 17 heavy (non-hydrogen) atoms. The molecule has 1 rings (SSSR count). The summed E-state index contributed by atoms with van der Waals surface area (Å²) in [5, 5.41) is 9.44. The van der Waals surface area contributed by atoms with E-state index in [1.165, 1.54) is 0 Å². The van der Waals surface area contributed by atoms with Crippen LogP contribution < -0.4 is 5.43 Å². The molecule has 0 spiro atoms. The van der Waals surface area contributed by atoms with Crippen LogP contribution in [0.5, 0.6) is 0 Å². The summed E-state index contributed by atoms with van der Waals surface area (Å²) < 4.78 is -2.15. The number of halogens is 4. The fourth-order valence-corrected chi connectivity index (χ4v) is 1.58. The third-order valence-corrected chi connectivity index (χ3v) is 2.72. The zero-order valence-corrected chi connectivity index (χ0v) is 11.2. The molecule has 2 atom stereocenters. The van der Waals surface area contributed by atoms with E-state index in [-0.39, 0.29) is 12.8 Å². The first-order chi connectivity index (χ1) is 7.70. The second kappa shape index (κ2) is 5.77. The number of rotatable bonds is 3. The quantitative estimate of drug-likeness (QED) is 0.606. The van der Waals surface area contributed by atoms with Gasteiger partial charge < -0.3 is 5.11 Å². The number of carboxylic acids is 1. The number of nitrogens with one attached hydrogen (secondary N) is 1. The van der Waals surface area contributed by atoms with Gasteiger partial charge in [0.25, 0.3) is 9.70 Å². The molecule has 0 radical (unpaired) electrons. The molecule has 1 fully saturated rings. The lowest BCUT2D eigenvalue weighted by molar-refractivity contribution is -0.194. The topological polar surface area (TPSA) is 78.9 Å². The van der Waals surface area contributed by atoms with Crippen LogP contribution in [0.15, 0.2) is 0 Å². The van der Waals surface area contributed by atoms with Gasteiger partial charge in [0, 0.05) is 6.42 Å². The summed E-state index contributed by atoms with van der Waals surface area (Å²) in [6, 6.07) is 0. The van der Waals surface area contributed by atoms with Gasteiger partial charge >= 0.3 is 5.97 Å². The number of nitrogens with zero attached hydrogens (tertiary/aromatic N) is 1. The Bertz CT molecular complexity index is 321. The van der Waals surface area contributed by atoms with E-state index in [9.17, 15) is 9.59 Å². The highest BCUT2D eigenvalue weighted by Crippen LogP contribution is 2.28. The van der Waals surface area contributed by atoms with Crippen LogP contribution in [0.1, 0.15) is 12.8 Å². The normalized spacial score (nSPS) is 25.9. The summed E-state index contributed by atoms with van der Waals surface area (Å²) in [5.74, 6) is -1.97. The monoisotopic (exact) mass is 324 g/mol. The Balaban J connectivity index is 2.51. The summed E-state index contributed by atoms with van der Waals surface area (Å²) in [6.45, 7) is 0. The lowest BCUT2D eigenvalue weighted by Gasteiger charge is -2.21. The summed E-state index contributed by atoms with van der Waals surface area (Å²) >= 11 is 21.8. The smallest absolute Gasteiger partial charge is 0.306 e. The first-order valence-corrected chi connectivity index (χ1v) is 5.97. The van der Waals surface area contributed by atoms with Crippen LogP contribution in [0, 0.1) is 0 Å². The predicted octanol–water partition coefficient (Wildman–Crippen LogP) is 1.43. The van der Waals surface area contributed by atoms with Gasteiger partial charge in [0.1, 0.15) is 5.50 Å². The maximum Gasteiger partial charge on any atom is 0.306 e. The van der Waals surface area contributed by atoms with Crippen molar-refractivity contribution in [2.45, 2.75) is 28.2 Å². The number of hydrogen-bond acceptors (Lipinski definition) is 4. The van der Waals surface area contributed by atoms with E-state index in [0.29, 0.717) is 0 Å². The highest BCUT2D eigenvalue weighted by Gasteiger charge is 2.38. The summed E-state index contributed by atoms with van der Waals surface area (Å²) in [6.07, 6.45) is -0.636. The Labute approximate surface area is 117 Å². The molecule has 1 saturated heterocycles. The fourth-order valence-electron chi connectivity index (χ4n) is 1.16. The van der Waals surface area contributed by atoms with Gasteiger partial charge in [-0.2, -0.15) is 0 Å². The van der Waals surface area contributed by atoms with E-state index in [0.717, 1.165) is 5.17 Å². The molecule has 2 unspecified atom stereocenters. The number of hydrazine groups is 1. The molecule has 10 heteroatoms. The van der Waals surface area contributed by atoms with Crippen molar-refractivity contribution in [1.29, 1.82) is 0 Å². The van der Waals surface area contributed by atoms with E-state index in [2.05, 4.69) is 5.43 Å². The van der Waals surface area contributed by atoms with Crippen LogP contribution in [0.2, 0.25) is 0 Å². The van der Waals surface area contributed by atoms with Gasteiger partial charge in [-0.05, 0) is 0 Å². The molecule has 1 heterocycles. The number of hydroxylamine groups is 1. The summed E-state index contributed by atoms with van der Waals surface area (Å²) in [5.41, 5.74) is 1.40. The summed E-state index contributed by atoms with van der Waals surface area (Å²) in [4.78, 5) is 26.8. The van der Waals surface area contributed by atoms with E-state index >= 15 is 0 Å². The Kier molecular flexibility index (Phi) is 5.12. The van der Waals surface area contributed by atoms with Crippen molar-refractivity contribution >= 4 is 58.3 Å². The maximum absolute atomic E-state index is 11.3. The minimum absolute atomic E-state index is 0.230. The summed E-state index contributed by atoms with van der Waals surface area (Å²) in [7, 11) is 0. The van der Waals surface area contributed by atoms with Crippen LogP contribution in [-0.4, -0.2) is 37.6 Å². The number of hydrogen-bond donors (Lipinski definition) is 2. The Morgan fingerprint density at radius 1 is 1.47 bits per heavy atom. The van der Waals surface area contributed by atoms with Gasteiger partial charge in [0.2, 0.25) is 0 Å². The molecule has 0 saturated carbocycles. The molecule has 6 nitrogen and oxygen atoms in total. The standard InChI is InChI=1S/C7H8Cl4N2O4/c8-4-1-3(2-5(14)15)17-13(4)12-6(16)7(9,10)11/h3-4H,1-2H2,(H,12,16)(H,14,15). The SMILES string of the molecule is O=C(O)CC1CC(Cl)N(NC(=O)C(Cl)(Cl)Cl)O1. The van der Waals surface area contributed by atoms with Crippen LogP contribution in [0.3, 0.4) is 0 Å². The minimum Gasteiger partial charge on any atom is -0.481 e. The Morgan fingerprint density at radius 2 is 2.06 bits per heavy atom. The Hall–Kier alpha value is 0.0200. The highest BCUT2D eigenvalue weighted by molar-refractivity contribution is 6.76. The van der Waals surface area contributed by atoms with E-state index in [1.54, 1.807) is 0 Å². The molecule has 2 N–H and O–H groups in total. The second-order valence-electron chi connectivity index (χ2n) is 3.26. The molecule has 0 aliphatic carbocycles. The van der Waals surface area contributed by atoms with Crippen molar-refractivity contribution in [1.82, 2.24) is 10.6 Å². The zero-order valence-electron chi connectivity index (χ0n) is 8.20. The van der Waals surface area contributed by atoms with Crippen molar-refractivity contribution in [3.63, 3.8) is 0 Å². The van der Waals surface area contributed by atoms with Crippen LogP contribution in [-0.2, 0) is 14.4 Å². The van der Waals surface area contributed by atoms with E-state index in [4.69, 9.17) is 56.3 Å². The molecule has 0 bridgehead atoms. The lowest BCUT2D eigenvalue weighted by atomic mass is 10.2. The molecule has 1 aliphatic rings. The van der Waals surface area contributed by atoms with Crippen molar-refractivity contribution in [2.75, 3.05) is 0 Å². The number of carboxylic acid groups (broad SMARTS) is 1. The molecule has 0 aromatic heterocycles. The van der Waals surface area contributed by atoms with Crippen LogP contribution in [0.4, 0.5) is 0 Å². The predicted molar refractivity (Wildman–Crippen MR) is 61.7 cm³/mol. The third kappa shape index (κ3) is 4.65. The zero-order chi connectivity index (χ0) is 13.2. The first-order valence-electron chi connectivity index (χ1n) is 4.40. The average Bonchev–Trinajstić information content (AvgIpc) is 2.43. The van der Waals surface area contributed by atoms with Crippen molar-refractivity contribution in [3.05, 3.63) is 0 Å².